The van der Waals surface area contributed by atoms with Crippen molar-refractivity contribution < 1.29 is 4.74 Å². The Balaban J connectivity index is 3.08. The SMILES string of the molecule is COc1c(N)cccc1[C@@H](N)CC#N. The molecule has 0 saturated heterocycles. The number of nitrogens with zero attached hydrogens (tertiary/aromatic N) is 1. The van der Waals surface area contributed by atoms with E-state index in [1.165, 1.54) is 7.11 Å². The van der Waals surface area contributed by atoms with Gasteiger partial charge < -0.3 is 16.2 Å². The fourth-order valence-electron chi connectivity index (χ4n) is 1.31. The lowest BCUT2D eigenvalue weighted by Crippen LogP contribution is -2.11. The zero-order valence-electron chi connectivity index (χ0n) is 8.03. The number of hydrogen-bond acceptors (Lipinski definition) is 4. The zero-order valence-corrected chi connectivity index (χ0v) is 8.03. The molecule has 1 aromatic carbocycles. The Kier molecular flexibility index (Phi) is 3.32. The van der Waals surface area contributed by atoms with E-state index in [1.54, 1.807) is 12.1 Å². The number of anilines is 1. The van der Waals surface area contributed by atoms with Crippen LogP contribution in [0.2, 0.25) is 0 Å². The van der Waals surface area contributed by atoms with Gasteiger partial charge in [-0.15, -0.1) is 0 Å². The third kappa shape index (κ3) is 1.95. The normalized spacial score (nSPS) is 11.8. The Morgan fingerprint density at radius 1 is 1.57 bits per heavy atom. The zero-order chi connectivity index (χ0) is 10.6. The highest BCUT2D eigenvalue weighted by atomic mass is 16.5. The number of benzene rings is 1. The molecule has 0 spiro atoms. The molecule has 0 amide bonds. The van der Waals surface area contributed by atoms with Crippen molar-refractivity contribution in [2.75, 3.05) is 12.8 Å². The number of hydrogen-bond donors (Lipinski definition) is 2. The lowest BCUT2D eigenvalue weighted by molar-refractivity contribution is 0.408. The fraction of sp³-hybridized carbons (Fsp3) is 0.300. The van der Waals surface area contributed by atoms with Gasteiger partial charge in [0.15, 0.2) is 0 Å². The largest absolute Gasteiger partial charge is 0.494 e. The molecule has 1 rings (SSSR count). The molecule has 0 unspecified atom stereocenters. The van der Waals surface area contributed by atoms with Crippen LogP contribution in [0.5, 0.6) is 5.75 Å². The van der Waals surface area contributed by atoms with Crippen LogP contribution in [0.25, 0.3) is 0 Å². The van der Waals surface area contributed by atoms with Crippen LogP contribution in [0, 0.1) is 11.3 Å². The van der Waals surface area contributed by atoms with E-state index in [-0.39, 0.29) is 12.5 Å². The van der Waals surface area contributed by atoms with Gasteiger partial charge in [0.25, 0.3) is 0 Å². The average Bonchev–Trinajstić information content (AvgIpc) is 2.17. The molecule has 4 nitrogen and oxygen atoms in total. The van der Waals surface area contributed by atoms with Crippen LogP contribution in [-0.2, 0) is 0 Å². The first-order chi connectivity index (χ1) is 6.70. The van der Waals surface area contributed by atoms with E-state index in [0.29, 0.717) is 11.4 Å². The smallest absolute Gasteiger partial charge is 0.146 e. The molecule has 0 saturated carbocycles. The lowest BCUT2D eigenvalue weighted by atomic mass is 10.0. The minimum atomic E-state index is -0.349. The Morgan fingerprint density at radius 3 is 2.86 bits per heavy atom. The monoisotopic (exact) mass is 191 g/mol. The van der Waals surface area contributed by atoms with Gasteiger partial charge in [-0.05, 0) is 6.07 Å². The molecular weight excluding hydrogens is 178 g/mol. The second-order valence-corrected chi connectivity index (χ2v) is 2.94. The van der Waals surface area contributed by atoms with Crippen molar-refractivity contribution in [3.63, 3.8) is 0 Å². The van der Waals surface area contributed by atoms with Gasteiger partial charge >= 0.3 is 0 Å². The van der Waals surface area contributed by atoms with Gasteiger partial charge in [0.05, 0.1) is 25.3 Å². The van der Waals surface area contributed by atoms with E-state index in [9.17, 15) is 0 Å². The molecule has 0 aromatic heterocycles. The summed E-state index contributed by atoms with van der Waals surface area (Å²) in [4.78, 5) is 0. The van der Waals surface area contributed by atoms with Crippen molar-refractivity contribution in [1.29, 1.82) is 5.26 Å². The molecule has 0 aliphatic rings. The van der Waals surface area contributed by atoms with Gasteiger partial charge in [0.2, 0.25) is 0 Å². The van der Waals surface area contributed by atoms with E-state index >= 15 is 0 Å². The van der Waals surface area contributed by atoms with Crippen LogP contribution in [0.3, 0.4) is 0 Å². The van der Waals surface area contributed by atoms with E-state index < -0.39 is 0 Å². The summed E-state index contributed by atoms with van der Waals surface area (Å²) in [5.74, 6) is 0.565. The summed E-state index contributed by atoms with van der Waals surface area (Å²) in [7, 11) is 1.54. The summed E-state index contributed by atoms with van der Waals surface area (Å²) in [6, 6.07) is 7.02. The maximum absolute atomic E-state index is 8.53. The van der Waals surface area contributed by atoms with E-state index in [2.05, 4.69) is 0 Å². The van der Waals surface area contributed by atoms with E-state index in [1.807, 2.05) is 12.1 Å². The molecule has 0 radical (unpaired) electrons. The number of nitrogen functional groups attached to an aromatic ring is 1. The number of nitrogens with two attached hydrogens (primary N) is 2. The minimum absolute atomic E-state index is 0.250. The highest BCUT2D eigenvalue weighted by molar-refractivity contribution is 5.57. The summed E-state index contributed by atoms with van der Waals surface area (Å²) in [5.41, 5.74) is 12.8. The molecule has 4 heteroatoms. The molecule has 1 atom stereocenters. The molecule has 0 heterocycles. The van der Waals surface area contributed by atoms with E-state index in [0.717, 1.165) is 5.56 Å². The molecule has 0 aliphatic heterocycles. The predicted molar refractivity (Wildman–Crippen MR) is 54.6 cm³/mol. The van der Waals surface area contributed by atoms with Gasteiger partial charge in [-0.3, -0.25) is 0 Å². The standard InChI is InChI=1S/C10H13N3O/c1-14-10-7(8(12)5-6-11)3-2-4-9(10)13/h2-4,8H,5,12-13H2,1H3/t8-/m0/s1. The first kappa shape index (κ1) is 10.4. The molecule has 4 N–H and O–H groups in total. The van der Waals surface area contributed by atoms with Crippen LogP contribution in [0.15, 0.2) is 18.2 Å². The van der Waals surface area contributed by atoms with Crippen molar-refractivity contribution in [1.82, 2.24) is 0 Å². The van der Waals surface area contributed by atoms with Gasteiger partial charge in [0, 0.05) is 11.6 Å². The van der Waals surface area contributed by atoms with Crippen LogP contribution in [0.4, 0.5) is 5.69 Å². The topological polar surface area (TPSA) is 85.1 Å². The fourth-order valence-corrected chi connectivity index (χ4v) is 1.31. The average molecular weight is 191 g/mol. The molecule has 0 bridgehead atoms. The van der Waals surface area contributed by atoms with Crippen molar-refractivity contribution in [2.24, 2.45) is 5.73 Å². The Hall–Kier alpha value is -1.73. The maximum atomic E-state index is 8.53. The number of para-hydroxylation sites is 1. The summed E-state index contributed by atoms with van der Waals surface area (Å²) in [6.45, 7) is 0. The van der Waals surface area contributed by atoms with Gasteiger partial charge in [-0.25, -0.2) is 0 Å². The summed E-state index contributed by atoms with van der Waals surface area (Å²) in [6.07, 6.45) is 0.250. The van der Waals surface area contributed by atoms with Crippen LogP contribution < -0.4 is 16.2 Å². The van der Waals surface area contributed by atoms with Crippen LogP contribution in [-0.4, -0.2) is 7.11 Å². The first-order valence-electron chi connectivity index (χ1n) is 4.25. The van der Waals surface area contributed by atoms with Crippen molar-refractivity contribution in [3.8, 4) is 11.8 Å². The Labute approximate surface area is 83.1 Å². The minimum Gasteiger partial charge on any atom is -0.494 e. The van der Waals surface area contributed by atoms with Crippen LogP contribution in [0.1, 0.15) is 18.0 Å². The highest BCUT2D eigenvalue weighted by Crippen LogP contribution is 2.30. The van der Waals surface area contributed by atoms with Gasteiger partial charge in [-0.2, -0.15) is 5.26 Å². The summed E-state index contributed by atoms with van der Waals surface area (Å²) < 4.78 is 5.13. The van der Waals surface area contributed by atoms with E-state index in [4.69, 9.17) is 21.5 Å². The lowest BCUT2D eigenvalue weighted by Gasteiger charge is -2.14. The van der Waals surface area contributed by atoms with Crippen LogP contribution >= 0.6 is 0 Å². The van der Waals surface area contributed by atoms with Crippen molar-refractivity contribution in [2.45, 2.75) is 12.5 Å². The third-order valence-electron chi connectivity index (χ3n) is 1.99. The first-order valence-corrected chi connectivity index (χ1v) is 4.25. The summed E-state index contributed by atoms with van der Waals surface area (Å²) >= 11 is 0. The predicted octanol–water partition coefficient (Wildman–Crippen LogP) is 1.19. The molecule has 14 heavy (non-hydrogen) atoms. The molecule has 1 aromatic rings. The number of nitriles is 1. The molecule has 0 fully saturated rings. The molecule has 74 valence electrons. The molecule has 0 aliphatic carbocycles. The Morgan fingerprint density at radius 2 is 2.29 bits per heavy atom. The number of ether oxygens (including phenoxy) is 1. The van der Waals surface area contributed by atoms with Crippen molar-refractivity contribution >= 4 is 5.69 Å². The number of rotatable bonds is 3. The van der Waals surface area contributed by atoms with Gasteiger partial charge in [-0.1, -0.05) is 12.1 Å². The second kappa shape index (κ2) is 4.49. The third-order valence-corrected chi connectivity index (χ3v) is 1.99. The second-order valence-electron chi connectivity index (χ2n) is 2.94. The highest BCUT2D eigenvalue weighted by Gasteiger charge is 2.13. The van der Waals surface area contributed by atoms with Crippen molar-refractivity contribution in [3.05, 3.63) is 23.8 Å². The summed E-state index contributed by atoms with van der Waals surface area (Å²) in [5, 5.41) is 8.53. The number of methoxy groups -OCH3 is 1. The Bertz CT molecular complexity index is 357. The van der Waals surface area contributed by atoms with Gasteiger partial charge in [0.1, 0.15) is 5.75 Å². The maximum Gasteiger partial charge on any atom is 0.146 e. The molecular formula is C10H13N3O. The quantitative estimate of drug-likeness (QED) is 0.703.